The van der Waals surface area contributed by atoms with Crippen LogP contribution >= 0.6 is 0 Å². The van der Waals surface area contributed by atoms with Gasteiger partial charge >= 0.3 is 0 Å². The number of hydrazone groups is 1. The van der Waals surface area contributed by atoms with Crippen LogP contribution in [0.4, 0.5) is 5.69 Å². The molecule has 0 spiro atoms. The normalized spacial score (nSPS) is 16.1. The van der Waals surface area contributed by atoms with Gasteiger partial charge in [0.25, 0.3) is 11.6 Å². The van der Waals surface area contributed by atoms with E-state index in [1.54, 1.807) is 6.07 Å². The van der Waals surface area contributed by atoms with Crippen molar-refractivity contribution in [3.05, 3.63) is 39.9 Å². The van der Waals surface area contributed by atoms with Gasteiger partial charge in [-0.05, 0) is 12.8 Å². The summed E-state index contributed by atoms with van der Waals surface area (Å²) in [6.45, 7) is -0.296. The molecule has 0 unspecified atom stereocenters. The van der Waals surface area contributed by atoms with Crippen LogP contribution in [-0.2, 0) is 14.8 Å². The van der Waals surface area contributed by atoms with Crippen molar-refractivity contribution in [1.29, 1.82) is 0 Å². The molecule has 1 aromatic carbocycles. The van der Waals surface area contributed by atoms with E-state index in [2.05, 4.69) is 10.5 Å². The Morgan fingerprint density at radius 1 is 1.38 bits per heavy atom. The van der Waals surface area contributed by atoms with Crippen LogP contribution in [0.25, 0.3) is 0 Å². The van der Waals surface area contributed by atoms with Crippen molar-refractivity contribution in [2.45, 2.75) is 38.1 Å². The number of nitro benzene ring substituents is 1. The van der Waals surface area contributed by atoms with Crippen LogP contribution in [0.5, 0.6) is 0 Å². The topological polar surface area (TPSA) is 122 Å². The molecule has 1 saturated carbocycles. The molecule has 2 rings (SSSR count). The van der Waals surface area contributed by atoms with Gasteiger partial charge < -0.3 is 0 Å². The Balaban J connectivity index is 1.97. The molecule has 26 heavy (non-hydrogen) atoms. The number of hydrogen-bond acceptors (Lipinski definition) is 6. The van der Waals surface area contributed by atoms with Gasteiger partial charge in [-0.25, -0.2) is 13.8 Å². The second kappa shape index (κ2) is 8.86. The zero-order valence-corrected chi connectivity index (χ0v) is 15.3. The number of sulfonamides is 1. The molecule has 1 fully saturated rings. The van der Waals surface area contributed by atoms with Crippen LogP contribution in [0, 0.1) is 10.1 Å². The molecule has 1 aliphatic rings. The Labute approximate surface area is 152 Å². The molecule has 1 N–H and O–H groups in total. The highest BCUT2D eigenvalue weighted by Crippen LogP contribution is 2.24. The predicted octanol–water partition coefficient (Wildman–Crippen LogP) is 1.64. The Hall–Kier alpha value is -2.33. The van der Waals surface area contributed by atoms with Crippen molar-refractivity contribution in [2.24, 2.45) is 5.10 Å². The molecule has 0 atom stereocenters. The van der Waals surface area contributed by atoms with Crippen molar-refractivity contribution < 1.29 is 18.1 Å². The van der Waals surface area contributed by atoms with Crippen LogP contribution in [0.2, 0.25) is 0 Å². The Morgan fingerprint density at radius 2 is 2.08 bits per heavy atom. The SMILES string of the molecule is CS(=O)(=O)N(CC(=O)NN=Cc1cccc([N+](=O)[O-])c1)C1CCCCC1. The second-order valence-corrected chi connectivity index (χ2v) is 8.18. The minimum absolute atomic E-state index is 0.0826. The third-order valence-electron chi connectivity index (χ3n) is 4.19. The lowest BCUT2D eigenvalue weighted by Crippen LogP contribution is -2.45. The zero-order valence-electron chi connectivity index (χ0n) is 14.5. The first kappa shape index (κ1) is 20.0. The van der Waals surface area contributed by atoms with Crippen LogP contribution in [0.1, 0.15) is 37.7 Å². The van der Waals surface area contributed by atoms with Crippen LogP contribution in [0.15, 0.2) is 29.4 Å². The van der Waals surface area contributed by atoms with Gasteiger partial charge in [0.1, 0.15) is 0 Å². The van der Waals surface area contributed by atoms with Crippen molar-refractivity contribution in [1.82, 2.24) is 9.73 Å². The van der Waals surface area contributed by atoms with E-state index in [0.717, 1.165) is 38.4 Å². The Morgan fingerprint density at radius 3 is 2.69 bits per heavy atom. The number of non-ortho nitro benzene ring substituents is 1. The minimum Gasteiger partial charge on any atom is -0.272 e. The number of rotatable bonds is 7. The van der Waals surface area contributed by atoms with Gasteiger partial charge in [0.05, 0.1) is 23.9 Å². The molecule has 0 saturated heterocycles. The fourth-order valence-electron chi connectivity index (χ4n) is 2.96. The van der Waals surface area contributed by atoms with E-state index in [9.17, 15) is 23.3 Å². The molecular formula is C16H22N4O5S. The largest absolute Gasteiger partial charge is 0.272 e. The summed E-state index contributed by atoms with van der Waals surface area (Å²) in [6, 6.07) is 5.62. The highest BCUT2D eigenvalue weighted by molar-refractivity contribution is 7.88. The van der Waals surface area contributed by atoms with E-state index in [1.807, 2.05) is 0 Å². The molecule has 9 nitrogen and oxygen atoms in total. The van der Waals surface area contributed by atoms with Gasteiger partial charge in [0.15, 0.2) is 0 Å². The van der Waals surface area contributed by atoms with E-state index in [-0.39, 0.29) is 18.3 Å². The summed E-state index contributed by atoms with van der Waals surface area (Å²) >= 11 is 0. The van der Waals surface area contributed by atoms with Crippen molar-refractivity contribution in [3.8, 4) is 0 Å². The predicted molar refractivity (Wildman–Crippen MR) is 97.3 cm³/mol. The van der Waals surface area contributed by atoms with Gasteiger partial charge in [-0.1, -0.05) is 31.4 Å². The quantitative estimate of drug-likeness (QED) is 0.436. The molecule has 0 aromatic heterocycles. The third kappa shape index (κ3) is 5.88. The first-order chi connectivity index (χ1) is 12.3. The lowest BCUT2D eigenvalue weighted by Gasteiger charge is -2.31. The summed E-state index contributed by atoms with van der Waals surface area (Å²) in [5, 5.41) is 14.5. The van der Waals surface area contributed by atoms with Gasteiger partial charge in [-0.3, -0.25) is 14.9 Å². The maximum Gasteiger partial charge on any atom is 0.270 e. The number of nitro groups is 1. The van der Waals surface area contributed by atoms with Crippen molar-refractivity contribution in [3.63, 3.8) is 0 Å². The summed E-state index contributed by atoms with van der Waals surface area (Å²) in [4.78, 5) is 22.3. The van der Waals surface area contributed by atoms with Crippen molar-refractivity contribution in [2.75, 3.05) is 12.8 Å². The number of hydrogen-bond donors (Lipinski definition) is 1. The van der Waals surface area contributed by atoms with E-state index in [4.69, 9.17) is 0 Å². The molecule has 0 radical (unpaired) electrons. The molecule has 0 heterocycles. The zero-order chi connectivity index (χ0) is 19.2. The first-order valence-electron chi connectivity index (χ1n) is 8.30. The molecule has 142 valence electrons. The number of amides is 1. The average molecular weight is 382 g/mol. The fourth-order valence-corrected chi connectivity index (χ4v) is 4.06. The smallest absolute Gasteiger partial charge is 0.270 e. The minimum atomic E-state index is -3.51. The summed E-state index contributed by atoms with van der Waals surface area (Å²) < 4.78 is 25.2. The molecular weight excluding hydrogens is 360 g/mol. The molecule has 1 aliphatic carbocycles. The van der Waals surface area contributed by atoms with Gasteiger partial charge in [0, 0.05) is 23.7 Å². The Bertz CT molecular complexity index is 788. The van der Waals surface area contributed by atoms with Crippen LogP contribution in [-0.4, -0.2) is 48.6 Å². The van der Waals surface area contributed by atoms with Crippen LogP contribution < -0.4 is 5.43 Å². The lowest BCUT2D eigenvalue weighted by molar-refractivity contribution is -0.384. The average Bonchev–Trinajstić information content (AvgIpc) is 2.59. The summed E-state index contributed by atoms with van der Waals surface area (Å²) in [6.07, 6.45) is 6.84. The Kier molecular flexibility index (Phi) is 6.81. The third-order valence-corrected chi connectivity index (χ3v) is 5.47. The molecule has 1 aromatic rings. The highest BCUT2D eigenvalue weighted by Gasteiger charge is 2.29. The number of carbonyl (C=O) groups is 1. The number of nitrogens with one attached hydrogen (secondary N) is 1. The number of carbonyl (C=O) groups excluding carboxylic acids is 1. The highest BCUT2D eigenvalue weighted by atomic mass is 32.2. The molecule has 0 bridgehead atoms. The molecule has 1 amide bonds. The van der Waals surface area contributed by atoms with E-state index in [0.29, 0.717) is 5.56 Å². The lowest BCUT2D eigenvalue weighted by atomic mass is 9.95. The van der Waals surface area contributed by atoms with Gasteiger partial charge in [-0.15, -0.1) is 0 Å². The maximum atomic E-state index is 12.1. The van der Waals surface area contributed by atoms with Crippen LogP contribution in [0.3, 0.4) is 0 Å². The number of nitrogens with zero attached hydrogens (tertiary/aromatic N) is 3. The summed E-state index contributed by atoms with van der Waals surface area (Å²) in [5.41, 5.74) is 2.64. The maximum absolute atomic E-state index is 12.1. The first-order valence-corrected chi connectivity index (χ1v) is 10.2. The van der Waals surface area contributed by atoms with Gasteiger partial charge in [0.2, 0.25) is 10.0 Å². The van der Waals surface area contributed by atoms with Crippen molar-refractivity contribution >= 4 is 27.8 Å². The van der Waals surface area contributed by atoms with Gasteiger partial charge in [-0.2, -0.15) is 9.41 Å². The van der Waals surface area contributed by atoms with E-state index in [1.165, 1.54) is 28.7 Å². The monoisotopic (exact) mass is 382 g/mol. The van der Waals surface area contributed by atoms with E-state index < -0.39 is 20.9 Å². The standard InChI is InChI=1S/C16H22N4O5S/c1-26(24,25)19(14-7-3-2-4-8-14)12-16(21)18-17-11-13-6-5-9-15(10-13)20(22)23/h5-6,9-11,14H,2-4,7-8,12H2,1H3,(H,18,21). The molecule has 10 heteroatoms. The number of benzene rings is 1. The molecule has 0 aliphatic heterocycles. The second-order valence-electron chi connectivity index (χ2n) is 6.25. The van der Waals surface area contributed by atoms with E-state index >= 15 is 0 Å². The summed E-state index contributed by atoms with van der Waals surface area (Å²) in [5.74, 6) is -0.553. The summed E-state index contributed by atoms with van der Waals surface area (Å²) in [7, 11) is -3.51. The fraction of sp³-hybridized carbons (Fsp3) is 0.500.